The van der Waals surface area contributed by atoms with Crippen molar-refractivity contribution in [2.24, 2.45) is 0 Å². The molecule has 0 aliphatic carbocycles. The Morgan fingerprint density at radius 3 is 2.56 bits per heavy atom. The first-order chi connectivity index (χ1) is 8.69. The molecule has 0 radical (unpaired) electrons. The molecule has 1 aromatic carbocycles. The Balaban J connectivity index is 1.76. The van der Waals surface area contributed by atoms with E-state index in [1.807, 2.05) is 24.3 Å². The topological polar surface area (TPSA) is 38.8 Å². The van der Waals surface area contributed by atoms with Crippen LogP contribution in [-0.4, -0.2) is 43.0 Å². The van der Waals surface area contributed by atoms with E-state index in [1.165, 1.54) is 0 Å². The van der Waals surface area contributed by atoms with Crippen molar-refractivity contribution in [3.63, 3.8) is 0 Å². The first-order valence-corrected chi connectivity index (χ1v) is 6.31. The minimum absolute atomic E-state index is 0.0570. The number of amides is 1. The summed E-state index contributed by atoms with van der Waals surface area (Å²) in [6, 6.07) is 7.36. The Morgan fingerprint density at radius 1 is 1.33 bits per heavy atom. The largest absolute Gasteiger partial charge is 0.497 e. The van der Waals surface area contributed by atoms with Crippen molar-refractivity contribution in [1.82, 2.24) is 4.90 Å². The average Bonchev–Trinajstić information content (AvgIpc) is 2.69. The van der Waals surface area contributed by atoms with E-state index >= 15 is 0 Å². The summed E-state index contributed by atoms with van der Waals surface area (Å²) in [7, 11) is 1.62. The maximum absolute atomic E-state index is 11.5. The van der Waals surface area contributed by atoms with Gasteiger partial charge < -0.3 is 14.4 Å². The second-order valence-corrected chi connectivity index (χ2v) is 4.78. The number of carbonyl (C=O) groups is 1. The molecule has 1 saturated heterocycles. The van der Waals surface area contributed by atoms with E-state index in [4.69, 9.17) is 21.1 Å². The molecule has 4 nitrogen and oxygen atoms in total. The van der Waals surface area contributed by atoms with Gasteiger partial charge in [-0.15, -0.1) is 11.6 Å². The van der Waals surface area contributed by atoms with E-state index in [-0.39, 0.29) is 11.3 Å². The van der Waals surface area contributed by atoms with E-state index in [1.54, 1.807) is 12.0 Å². The van der Waals surface area contributed by atoms with Crippen LogP contribution in [0.15, 0.2) is 24.3 Å². The number of methoxy groups -OCH3 is 1. The van der Waals surface area contributed by atoms with E-state index < -0.39 is 0 Å². The fourth-order valence-corrected chi connectivity index (χ4v) is 2.18. The zero-order chi connectivity index (χ0) is 13.0. The minimum Gasteiger partial charge on any atom is -0.497 e. The lowest BCUT2D eigenvalue weighted by Crippen LogP contribution is -2.29. The Morgan fingerprint density at radius 2 is 2.00 bits per heavy atom. The lowest BCUT2D eigenvalue weighted by molar-refractivity contribution is -0.128. The molecule has 0 saturated carbocycles. The van der Waals surface area contributed by atoms with Crippen LogP contribution in [0.1, 0.15) is 6.42 Å². The standard InChI is InChI=1S/C13H16ClNO3/c1-17-11-2-4-12(5-3-11)18-7-6-15-9-10(14)8-13(15)16/h2-5,10H,6-9H2,1H3. The number of nitrogens with zero attached hydrogens (tertiary/aromatic N) is 1. The van der Waals surface area contributed by atoms with E-state index in [2.05, 4.69) is 0 Å². The number of halogens is 1. The number of ether oxygens (including phenoxy) is 2. The molecule has 1 aliphatic heterocycles. The number of carbonyl (C=O) groups excluding carboxylic acids is 1. The molecule has 0 bridgehead atoms. The molecule has 1 aliphatic rings. The molecule has 5 heteroatoms. The summed E-state index contributed by atoms with van der Waals surface area (Å²) < 4.78 is 10.6. The number of hydrogen-bond donors (Lipinski definition) is 0. The Hall–Kier alpha value is -1.42. The highest BCUT2D eigenvalue weighted by atomic mass is 35.5. The fourth-order valence-electron chi connectivity index (χ4n) is 1.89. The molecule has 2 rings (SSSR count). The Bertz CT molecular complexity index is 407. The second kappa shape index (κ2) is 5.96. The monoisotopic (exact) mass is 269 g/mol. The zero-order valence-corrected chi connectivity index (χ0v) is 11.0. The smallest absolute Gasteiger partial charge is 0.224 e. The third-order valence-corrected chi connectivity index (χ3v) is 3.15. The number of rotatable bonds is 5. The predicted molar refractivity (Wildman–Crippen MR) is 69.3 cm³/mol. The average molecular weight is 270 g/mol. The van der Waals surface area contributed by atoms with E-state index in [9.17, 15) is 4.79 Å². The molecule has 1 atom stereocenters. The summed E-state index contributed by atoms with van der Waals surface area (Å²) in [5.74, 6) is 1.67. The summed E-state index contributed by atoms with van der Waals surface area (Å²) in [4.78, 5) is 13.2. The van der Waals surface area contributed by atoms with Gasteiger partial charge in [0, 0.05) is 13.0 Å². The Labute approximate surface area is 111 Å². The number of benzene rings is 1. The Kier molecular flexibility index (Phi) is 4.31. The van der Waals surface area contributed by atoms with Crippen molar-refractivity contribution >= 4 is 17.5 Å². The van der Waals surface area contributed by atoms with Crippen LogP contribution in [-0.2, 0) is 4.79 Å². The van der Waals surface area contributed by atoms with Crippen LogP contribution in [0.3, 0.4) is 0 Å². The summed E-state index contributed by atoms with van der Waals surface area (Å²) in [5.41, 5.74) is 0. The number of hydrogen-bond acceptors (Lipinski definition) is 3. The molecule has 0 N–H and O–H groups in total. The van der Waals surface area contributed by atoms with Crippen molar-refractivity contribution in [2.45, 2.75) is 11.8 Å². The predicted octanol–water partition coefficient (Wildman–Crippen LogP) is 1.91. The van der Waals surface area contributed by atoms with Crippen molar-refractivity contribution in [2.75, 3.05) is 26.8 Å². The van der Waals surface area contributed by atoms with Gasteiger partial charge in [-0.1, -0.05) is 0 Å². The third kappa shape index (κ3) is 3.29. The van der Waals surface area contributed by atoms with Gasteiger partial charge in [0.25, 0.3) is 0 Å². The van der Waals surface area contributed by atoms with Crippen molar-refractivity contribution < 1.29 is 14.3 Å². The van der Waals surface area contributed by atoms with Crippen molar-refractivity contribution in [3.05, 3.63) is 24.3 Å². The quantitative estimate of drug-likeness (QED) is 0.767. The highest BCUT2D eigenvalue weighted by Crippen LogP contribution is 2.18. The van der Waals surface area contributed by atoms with Crippen LogP contribution in [0.4, 0.5) is 0 Å². The van der Waals surface area contributed by atoms with Gasteiger partial charge in [0.2, 0.25) is 5.91 Å². The normalized spacial score (nSPS) is 19.1. The lowest BCUT2D eigenvalue weighted by atomic mass is 10.3. The molecule has 98 valence electrons. The molecule has 0 spiro atoms. The first kappa shape index (κ1) is 13.0. The van der Waals surface area contributed by atoms with Crippen LogP contribution in [0.25, 0.3) is 0 Å². The summed E-state index contributed by atoms with van der Waals surface area (Å²) in [6.45, 7) is 1.67. The molecule has 1 unspecified atom stereocenters. The molecular formula is C13H16ClNO3. The van der Waals surface area contributed by atoms with Crippen LogP contribution in [0.2, 0.25) is 0 Å². The molecule has 1 heterocycles. The van der Waals surface area contributed by atoms with Gasteiger partial charge in [0.05, 0.1) is 19.0 Å². The van der Waals surface area contributed by atoms with Crippen LogP contribution in [0.5, 0.6) is 11.5 Å². The molecular weight excluding hydrogens is 254 g/mol. The number of alkyl halides is 1. The summed E-state index contributed by atoms with van der Waals surface area (Å²) in [5, 5.41) is -0.0570. The second-order valence-electron chi connectivity index (χ2n) is 4.17. The maximum atomic E-state index is 11.5. The van der Waals surface area contributed by atoms with Crippen LogP contribution in [0, 0.1) is 0 Å². The van der Waals surface area contributed by atoms with E-state index in [0.29, 0.717) is 26.1 Å². The number of likely N-dealkylation sites (tertiary alicyclic amines) is 1. The van der Waals surface area contributed by atoms with Gasteiger partial charge in [-0.3, -0.25) is 4.79 Å². The maximum Gasteiger partial charge on any atom is 0.224 e. The molecule has 1 amide bonds. The van der Waals surface area contributed by atoms with E-state index in [0.717, 1.165) is 11.5 Å². The molecule has 1 fully saturated rings. The first-order valence-electron chi connectivity index (χ1n) is 5.87. The van der Waals surface area contributed by atoms with Gasteiger partial charge in [-0.25, -0.2) is 0 Å². The summed E-state index contributed by atoms with van der Waals surface area (Å²) >= 11 is 5.91. The minimum atomic E-state index is -0.0570. The molecule has 0 aromatic heterocycles. The SMILES string of the molecule is COc1ccc(OCCN2CC(Cl)CC2=O)cc1. The van der Waals surface area contributed by atoms with Gasteiger partial charge in [-0.05, 0) is 24.3 Å². The van der Waals surface area contributed by atoms with Gasteiger partial charge in [0.15, 0.2) is 0 Å². The zero-order valence-electron chi connectivity index (χ0n) is 10.3. The van der Waals surface area contributed by atoms with Gasteiger partial charge in [-0.2, -0.15) is 0 Å². The fraction of sp³-hybridized carbons (Fsp3) is 0.462. The van der Waals surface area contributed by atoms with Gasteiger partial charge in [0.1, 0.15) is 18.1 Å². The molecule has 18 heavy (non-hydrogen) atoms. The van der Waals surface area contributed by atoms with Gasteiger partial charge >= 0.3 is 0 Å². The third-order valence-electron chi connectivity index (χ3n) is 2.86. The van der Waals surface area contributed by atoms with Crippen LogP contribution < -0.4 is 9.47 Å². The lowest BCUT2D eigenvalue weighted by Gasteiger charge is -2.16. The highest BCUT2D eigenvalue weighted by Gasteiger charge is 2.27. The van der Waals surface area contributed by atoms with Crippen LogP contribution >= 0.6 is 11.6 Å². The van der Waals surface area contributed by atoms with Crippen molar-refractivity contribution in [1.29, 1.82) is 0 Å². The van der Waals surface area contributed by atoms with Crippen molar-refractivity contribution in [3.8, 4) is 11.5 Å². The molecule has 1 aromatic rings. The summed E-state index contributed by atoms with van der Waals surface area (Å²) in [6.07, 6.45) is 0.435. The highest BCUT2D eigenvalue weighted by molar-refractivity contribution is 6.22.